The summed E-state index contributed by atoms with van der Waals surface area (Å²) in [6, 6.07) is 3.93. The summed E-state index contributed by atoms with van der Waals surface area (Å²) in [7, 11) is 0. The Morgan fingerprint density at radius 3 is 2.92 bits per heavy atom. The molecule has 0 unspecified atom stereocenters. The van der Waals surface area contributed by atoms with Crippen molar-refractivity contribution in [2.45, 2.75) is 20.3 Å². The van der Waals surface area contributed by atoms with Gasteiger partial charge in [0.05, 0.1) is 0 Å². The van der Waals surface area contributed by atoms with Crippen LogP contribution in [0, 0.1) is 12.7 Å². The van der Waals surface area contributed by atoms with Gasteiger partial charge in [-0.2, -0.15) is 0 Å². The third kappa shape index (κ3) is 1.25. The topological polar surface area (TPSA) is 0 Å². The van der Waals surface area contributed by atoms with E-state index < -0.39 is 0 Å². The average Bonchev–Trinajstić information content (AvgIpc) is 2.53. The molecule has 68 valence electrons. The molecule has 0 N–H and O–H groups in total. The van der Waals surface area contributed by atoms with Crippen LogP contribution in [0.25, 0.3) is 10.1 Å². The highest BCUT2D eigenvalue weighted by Crippen LogP contribution is 2.28. The minimum absolute atomic E-state index is 0.0289. The van der Waals surface area contributed by atoms with Gasteiger partial charge in [-0.1, -0.05) is 6.92 Å². The number of benzene rings is 1. The zero-order valence-electron chi connectivity index (χ0n) is 7.73. The molecule has 0 aliphatic rings. The van der Waals surface area contributed by atoms with Crippen molar-refractivity contribution in [3.05, 3.63) is 34.5 Å². The lowest BCUT2D eigenvalue weighted by Gasteiger charge is -2.05. The third-order valence-corrected chi connectivity index (χ3v) is 3.24. The number of thiophene rings is 1. The minimum Gasteiger partial charge on any atom is -0.206 e. The van der Waals surface area contributed by atoms with Crippen molar-refractivity contribution in [3.63, 3.8) is 0 Å². The van der Waals surface area contributed by atoms with E-state index in [0.717, 1.165) is 27.6 Å². The fourth-order valence-electron chi connectivity index (χ4n) is 1.67. The standard InChI is InChI=1S/C11H11FS/c1-3-8-7(2)6-10-9(11(8)12)4-5-13-10/h4-6H,3H2,1-2H3. The predicted octanol–water partition coefficient (Wildman–Crippen LogP) is 3.91. The Morgan fingerprint density at radius 1 is 1.46 bits per heavy atom. The molecule has 0 saturated heterocycles. The van der Waals surface area contributed by atoms with Crippen molar-refractivity contribution >= 4 is 21.4 Å². The molecule has 0 amide bonds. The summed E-state index contributed by atoms with van der Waals surface area (Å²) in [6.07, 6.45) is 0.767. The number of hydrogen-bond acceptors (Lipinski definition) is 1. The van der Waals surface area contributed by atoms with E-state index in [9.17, 15) is 4.39 Å². The third-order valence-electron chi connectivity index (χ3n) is 2.37. The largest absolute Gasteiger partial charge is 0.206 e. The maximum absolute atomic E-state index is 13.8. The molecule has 1 heterocycles. The fraction of sp³-hybridized carbons (Fsp3) is 0.273. The highest BCUT2D eigenvalue weighted by Gasteiger charge is 2.09. The van der Waals surface area contributed by atoms with E-state index in [2.05, 4.69) is 6.07 Å². The lowest BCUT2D eigenvalue weighted by Crippen LogP contribution is -1.92. The van der Waals surface area contributed by atoms with Crippen LogP contribution in [0.5, 0.6) is 0 Å². The van der Waals surface area contributed by atoms with Gasteiger partial charge in [0.15, 0.2) is 0 Å². The van der Waals surface area contributed by atoms with Crippen molar-refractivity contribution in [1.29, 1.82) is 0 Å². The van der Waals surface area contributed by atoms with Gasteiger partial charge in [-0.05, 0) is 42.0 Å². The van der Waals surface area contributed by atoms with Crippen LogP contribution in [-0.4, -0.2) is 0 Å². The van der Waals surface area contributed by atoms with Gasteiger partial charge in [-0.25, -0.2) is 4.39 Å². The maximum Gasteiger partial charge on any atom is 0.135 e. The van der Waals surface area contributed by atoms with Crippen LogP contribution < -0.4 is 0 Å². The van der Waals surface area contributed by atoms with Crippen molar-refractivity contribution in [3.8, 4) is 0 Å². The van der Waals surface area contributed by atoms with Crippen LogP contribution in [-0.2, 0) is 6.42 Å². The number of fused-ring (bicyclic) bond motifs is 1. The number of halogens is 1. The Balaban J connectivity index is 2.85. The van der Waals surface area contributed by atoms with E-state index in [0.29, 0.717) is 0 Å². The zero-order chi connectivity index (χ0) is 9.42. The first-order valence-electron chi connectivity index (χ1n) is 4.39. The molecular formula is C11H11FS. The van der Waals surface area contributed by atoms with E-state index in [4.69, 9.17) is 0 Å². The molecule has 0 spiro atoms. The van der Waals surface area contributed by atoms with E-state index >= 15 is 0 Å². The van der Waals surface area contributed by atoms with Crippen LogP contribution in [0.3, 0.4) is 0 Å². The lowest BCUT2D eigenvalue weighted by atomic mass is 10.0. The molecule has 1 aromatic carbocycles. The summed E-state index contributed by atoms with van der Waals surface area (Å²) in [5.74, 6) is -0.0289. The van der Waals surface area contributed by atoms with Crippen LogP contribution in [0.2, 0.25) is 0 Å². The molecule has 2 aromatic rings. The molecule has 0 atom stereocenters. The van der Waals surface area contributed by atoms with Crippen molar-refractivity contribution < 1.29 is 4.39 Å². The average molecular weight is 194 g/mol. The smallest absolute Gasteiger partial charge is 0.135 e. The molecule has 1 aromatic heterocycles. The highest BCUT2D eigenvalue weighted by atomic mass is 32.1. The SMILES string of the molecule is CCc1c(C)cc2sccc2c1F. The van der Waals surface area contributed by atoms with Gasteiger partial charge < -0.3 is 0 Å². The van der Waals surface area contributed by atoms with Gasteiger partial charge in [-0.3, -0.25) is 0 Å². The van der Waals surface area contributed by atoms with Gasteiger partial charge in [0.25, 0.3) is 0 Å². The number of aryl methyl sites for hydroxylation is 1. The zero-order valence-corrected chi connectivity index (χ0v) is 8.54. The first-order valence-corrected chi connectivity index (χ1v) is 5.27. The normalized spacial score (nSPS) is 11.0. The molecule has 0 bridgehead atoms. The lowest BCUT2D eigenvalue weighted by molar-refractivity contribution is 0.623. The molecule has 0 radical (unpaired) electrons. The Labute approximate surface area is 81.0 Å². The minimum atomic E-state index is -0.0289. The Hall–Kier alpha value is -0.890. The summed E-state index contributed by atoms with van der Waals surface area (Å²) >= 11 is 1.59. The van der Waals surface area contributed by atoms with Gasteiger partial charge in [0, 0.05) is 10.1 Å². The summed E-state index contributed by atoms with van der Waals surface area (Å²) in [5.41, 5.74) is 1.92. The second-order valence-electron chi connectivity index (χ2n) is 3.17. The van der Waals surface area contributed by atoms with Crippen molar-refractivity contribution in [1.82, 2.24) is 0 Å². The summed E-state index contributed by atoms with van der Waals surface area (Å²) in [4.78, 5) is 0. The second kappa shape index (κ2) is 3.11. The van der Waals surface area contributed by atoms with Crippen LogP contribution in [0.4, 0.5) is 4.39 Å². The molecule has 0 fully saturated rings. The molecule has 0 nitrogen and oxygen atoms in total. The van der Waals surface area contributed by atoms with Gasteiger partial charge in [-0.15, -0.1) is 11.3 Å². The molecule has 2 rings (SSSR count). The maximum atomic E-state index is 13.8. The first kappa shape index (κ1) is 8.70. The van der Waals surface area contributed by atoms with Crippen molar-refractivity contribution in [2.75, 3.05) is 0 Å². The van der Waals surface area contributed by atoms with Gasteiger partial charge in [0.2, 0.25) is 0 Å². The number of hydrogen-bond donors (Lipinski definition) is 0. The fourth-order valence-corrected chi connectivity index (χ4v) is 2.55. The van der Waals surface area contributed by atoms with Gasteiger partial charge in [0.1, 0.15) is 5.82 Å². The van der Waals surface area contributed by atoms with E-state index in [-0.39, 0.29) is 5.82 Å². The number of rotatable bonds is 1. The second-order valence-corrected chi connectivity index (χ2v) is 4.12. The summed E-state index contributed by atoms with van der Waals surface area (Å²) < 4.78 is 14.8. The quantitative estimate of drug-likeness (QED) is 0.645. The summed E-state index contributed by atoms with van der Waals surface area (Å²) in [5, 5.41) is 2.71. The van der Waals surface area contributed by atoms with Crippen LogP contribution in [0.15, 0.2) is 17.5 Å². The molecular weight excluding hydrogens is 183 g/mol. The molecule has 0 aliphatic carbocycles. The summed E-state index contributed by atoms with van der Waals surface area (Å²) in [6.45, 7) is 3.96. The van der Waals surface area contributed by atoms with Gasteiger partial charge >= 0.3 is 0 Å². The van der Waals surface area contributed by atoms with E-state index in [1.165, 1.54) is 0 Å². The highest BCUT2D eigenvalue weighted by molar-refractivity contribution is 7.17. The van der Waals surface area contributed by atoms with Crippen LogP contribution >= 0.6 is 11.3 Å². The predicted molar refractivity (Wildman–Crippen MR) is 55.9 cm³/mol. The Bertz CT molecular complexity index is 443. The monoisotopic (exact) mass is 194 g/mol. The van der Waals surface area contributed by atoms with Crippen LogP contribution in [0.1, 0.15) is 18.1 Å². The van der Waals surface area contributed by atoms with E-state index in [1.807, 2.05) is 25.3 Å². The Kier molecular flexibility index (Phi) is 2.08. The Morgan fingerprint density at radius 2 is 2.23 bits per heavy atom. The van der Waals surface area contributed by atoms with E-state index in [1.54, 1.807) is 11.3 Å². The molecule has 2 heteroatoms. The molecule has 0 aliphatic heterocycles. The van der Waals surface area contributed by atoms with Crippen molar-refractivity contribution in [2.24, 2.45) is 0 Å². The molecule has 13 heavy (non-hydrogen) atoms. The molecule has 0 saturated carbocycles. The first-order chi connectivity index (χ1) is 6.24.